The van der Waals surface area contributed by atoms with Crippen LogP contribution in [0.2, 0.25) is 0 Å². The van der Waals surface area contributed by atoms with E-state index in [1.165, 1.54) is 12.1 Å². The fraction of sp³-hybridized carbons (Fsp3) is 0.435. The normalized spacial score (nSPS) is 17.0. The van der Waals surface area contributed by atoms with Crippen molar-refractivity contribution in [2.24, 2.45) is 5.92 Å². The summed E-state index contributed by atoms with van der Waals surface area (Å²) in [5.41, 5.74) is 3.03. The Morgan fingerprint density at radius 2 is 1.82 bits per heavy atom. The van der Waals surface area contributed by atoms with E-state index in [4.69, 9.17) is 9.47 Å². The first-order chi connectivity index (χ1) is 13.5. The molecule has 1 aliphatic rings. The third-order valence-corrected chi connectivity index (χ3v) is 5.49. The van der Waals surface area contributed by atoms with Gasteiger partial charge in [-0.2, -0.15) is 0 Å². The third-order valence-electron chi connectivity index (χ3n) is 5.49. The summed E-state index contributed by atoms with van der Waals surface area (Å²) < 4.78 is 24.5. The molecule has 28 heavy (non-hydrogen) atoms. The number of nitrogens with zero attached hydrogens (tertiary/aromatic N) is 1. The van der Waals surface area contributed by atoms with Crippen molar-refractivity contribution in [3.63, 3.8) is 0 Å². The van der Waals surface area contributed by atoms with Crippen molar-refractivity contribution >= 4 is 5.91 Å². The average Bonchev–Trinajstić information content (AvgIpc) is 2.72. The summed E-state index contributed by atoms with van der Waals surface area (Å²) in [6.07, 6.45) is 2.56. The molecule has 0 bridgehead atoms. The number of hydrogen-bond acceptors (Lipinski definition) is 3. The van der Waals surface area contributed by atoms with Gasteiger partial charge in [0.1, 0.15) is 5.82 Å². The van der Waals surface area contributed by atoms with Crippen LogP contribution in [0.25, 0.3) is 0 Å². The van der Waals surface area contributed by atoms with Crippen LogP contribution in [0.4, 0.5) is 4.39 Å². The van der Waals surface area contributed by atoms with Crippen LogP contribution in [0.5, 0.6) is 11.5 Å². The van der Waals surface area contributed by atoms with Gasteiger partial charge in [0.15, 0.2) is 11.5 Å². The molecule has 2 aromatic carbocycles. The van der Waals surface area contributed by atoms with Crippen LogP contribution in [-0.4, -0.2) is 31.6 Å². The van der Waals surface area contributed by atoms with E-state index in [-0.39, 0.29) is 23.7 Å². The first kappa shape index (κ1) is 20.2. The van der Waals surface area contributed by atoms with Crippen molar-refractivity contribution in [3.8, 4) is 11.5 Å². The molecule has 0 aromatic heterocycles. The van der Waals surface area contributed by atoms with Gasteiger partial charge in [0.05, 0.1) is 20.3 Å². The quantitative estimate of drug-likeness (QED) is 0.720. The number of carbonyl (C=O) groups excluding carboxylic acids is 1. The van der Waals surface area contributed by atoms with Crippen LogP contribution in [-0.2, 0) is 11.2 Å². The zero-order valence-corrected chi connectivity index (χ0v) is 17.0. The Bertz CT molecular complexity index is 834. The Labute approximate surface area is 166 Å². The Kier molecular flexibility index (Phi) is 6.22. The monoisotopic (exact) mass is 385 g/mol. The van der Waals surface area contributed by atoms with Gasteiger partial charge in [0.25, 0.3) is 0 Å². The number of rotatable bonds is 6. The van der Waals surface area contributed by atoms with Crippen LogP contribution in [0, 0.1) is 11.7 Å². The van der Waals surface area contributed by atoms with Crippen LogP contribution in [0.15, 0.2) is 36.4 Å². The Morgan fingerprint density at radius 3 is 2.43 bits per heavy atom. The molecule has 150 valence electrons. The molecule has 1 aliphatic heterocycles. The van der Waals surface area contributed by atoms with Gasteiger partial charge in [-0.15, -0.1) is 0 Å². The predicted octanol–water partition coefficient (Wildman–Crippen LogP) is 4.75. The molecule has 0 saturated heterocycles. The maximum Gasteiger partial charge on any atom is 0.226 e. The van der Waals surface area contributed by atoms with E-state index in [2.05, 4.69) is 6.92 Å². The fourth-order valence-corrected chi connectivity index (χ4v) is 4.03. The van der Waals surface area contributed by atoms with Crippen molar-refractivity contribution in [2.75, 3.05) is 20.8 Å². The maximum absolute atomic E-state index is 13.5. The minimum absolute atomic E-state index is 0.0466. The molecule has 1 amide bonds. The van der Waals surface area contributed by atoms with Crippen LogP contribution < -0.4 is 9.47 Å². The lowest BCUT2D eigenvalue weighted by atomic mass is 9.86. The lowest BCUT2D eigenvalue weighted by molar-refractivity contribution is -0.137. The van der Waals surface area contributed by atoms with E-state index in [1.54, 1.807) is 26.4 Å². The first-order valence-corrected chi connectivity index (χ1v) is 9.80. The van der Waals surface area contributed by atoms with E-state index in [9.17, 15) is 9.18 Å². The molecule has 0 saturated carbocycles. The van der Waals surface area contributed by atoms with Crippen molar-refractivity contribution < 1.29 is 18.7 Å². The highest BCUT2D eigenvalue weighted by Crippen LogP contribution is 2.41. The summed E-state index contributed by atoms with van der Waals surface area (Å²) in [5, 5.41) is 0. The molecule has 0 N–H and O–H groups in total. The number of benzene rings is 2. The van der Waals surface area contributed by atoms with Crippen molar-refractivity contribution in [2.45, 2.75) is 39.2 Å². The smallest absolute Gasteiger partial charge is 0.226 e. The van der Waals surface area contributed by atoms with Gasteiger partial charge in [0, 0.05) is 12.5 Å². The van der Waals surface area contributed by atoms with Crippen molar-refractivity contribution in [1.29, 1.82) is 0 Å². The summed E-state index contributed by atoms with van der Waals surface area (Å²) in [7, 11) is 3.22. The average molecular weight is 385 g/mol. The van der Waals surface area contributed by atoms with Gasteiger partial charge in [-0.05, 0) is 53.8 Å². The summed E-state index contributed by atoms with van der Waals surface area (Å²) in [6.45, 7) is 4.69. The Morgan fingerprint density at radius 1 is 1.18 bits per heavy atom. The van der Waals surface area contributed by atoms with E-state index < -0.39 is 0 Å². The molecule has 0 fully saturated rings. The molecule has 0 radical (unpaired) electrons. The number of amides is 1. The second kappa shape index (κ2) is 8.63. The highest BCUT2D eigenvalue weighted by molar-refractivity contribution is 5.80. The number of carbonyl (C=O) groups is 1. The maximum atomic E-state index is 13.5. The summed E-state index contributed by atoms with van der Waals surface area (Å²) in [5.74, 6) is 1.11. The van der Waals surface area contributed by atoms with Gasteiger partial charge in [-0.25, -0.2) is 4.39 Å². The Hall–Kier alpha value is -2.56. The number of halogens is 1. The SMILES string of the molecule is CCC[C@H](C)C(=O)N1CCc2cc(OC)c(OC)cc2[C@@H]1c1ccc(F)cc1. The first-order valence-electron chi connectivity index (χ1n) is 9.80. The summed E-state index contributed by atoms with van der Waals surface area (Å²) >= 11 is 0. The molecule has 0 spiro atoms. The van der Waals surface area contributed by atoms with Crippen molar-refractivity contribution in [3.05, 3.63) is 58.9 Å². The number of hydrogen-bond donors (Lipinski definition) is 0. The standard InChI is InChI=1S/C23H28FNO3/c1-5-6-15(2)23(26)25-12-11-17-13-20(27-3)21(28-4)14-19(17)22(25)16-7-9-18(24)10-8-16/h7-10,13-15,22H,5-6,11-12H2,1-4H3/t15-,22-/m0/s1. The highest BCUT2D eigenvalue weighted by atomic mass is 19.1. The topological polar surface area (TPSA) is 38.8 Å². The highest BCUT2D eigenvalue weighted by Gasteiger charge is 2.34. The molecular formula is C23H28FNO3. The van der Waals surface area contributed by atoms with E-state index in [0.29, 0.717) is 18.0 Å². The third kappa shape index (κ3) is 3.84. The van der Waals surface area contributed by atoms with Gasteiger partial charge in [0.2, 0.25) is 5.91 Å². The molecule has 0 unspecified atom stereocenters. The zero-order valence-electron chi connectivity index (χ0n) is 17.0. The fourth-order valence-electron chi connectivity index (χ4n) is 4.03. The van der Waals surface area contributed by atoms with Crippen molar-refractivity contribution in [1.82, 2.24) is 4.90 Å². The number of fused-ring (bicyclic) bond motifs is 1. The summed E-state index contributed by atoms with van der Waals surface area (Å²) in [4.78, 5) is 15.2. The molecule has 1 heterocycles. The minimum Gasteiger partial charge on any atom is -0.493 e. The number of ether oxygens (including phenoxy) is 2. The molecule has 5 heteroatoms. The van der Waals surface area contributed by atoms with Gasteiger partial charge in [-0.1, -0.05) is 32.4 Å². The van der Waals surface area contributed by atoms with Crippen LogP contribution >= 0.6 is 0 Å². The zero-order chi connectivity index (χ0) is 20.3. The van der Waals surface area contributed by atoms with Gasteiger partial charge in [-0.3, -0.25) is 4.79 Å². The lowest BCUT2D eigenvalue weighted by Crippen LogP contribution is -2.43. The van der Waals surface area contributed by atoms with E-state index in [0.717, 1.165) is 36.0 Å². The largest absolute Gasteiger partial charge is 0.493 e. The predicted molar refractivity (Wildman–Crippen MR) is 107 cm³/mol. The molecule has 0 aliphatic carbocycles. The molecule has 2 atom stereocenters. The van der Waals surface area contributed by atoms with Crippen LogP contribution in [0.1, 0.15) is 49.4 Å². The van der Waals surface area contributed by atoms with E-state index >= 15 is 0 Å². The Balaban J connectivity index is 2.11. The second-order valence-corrected chi connectivity index (χ2v) is 7.33. The summed E-state index contributed by atoms with van der Waals surface area (Å²) in [6, 6.07) is 10.1. The van der Waals surface area contributed by atoms with E-state index in [1.807, 2.05) is 24.0 Å². The molecule has 4 nitrogen and oxygen atoms in total. The second-order valence-electron chi connectivity index (χ2n) is 7.33. The van der Waals surface area contributed by atoms with Crippen LogP contribution in [0.3, 0.4) is 0 Å². The number of methoxy groups -OCH3 is 2. The molecule has 3 rings (SSSR count). The molecule has 2 aromatic rings. The lowest BCUT2D eigenvalue weighted by Gasteiger charge is -2.39. The van der Waals surface area contributed by atoms with Gasteiger partial charge < -0.3 is 14.4 Å². The minimum atomic E-state index is -0.288. The van der Waals surface area contributed by atoms with Gasteiger partial charge >= 0.3 is 0 Å². The molecular weight excluding hydrogens is 357 g/mol.